The summed E-state index contributed by atoms with van der Waals surface area (Å²) in [5.41, 5.74) is 1.19. The molecule has 0 aromatic heterocycles. The van der Waals surface area contributed by atoms with Crippen LogP contribution in [0.5, 0.6) is 0 Å². The minimum absolute atomic E-state index is 0.132. The summed E-state index contributed by atoms with van der Waals surface area (Å²) < 4.78 is 0. The first kappa shape index (κ1) is 17.0. The minimum atomic E-state index is -0.615. The molecule has 3 heteroatoms. The van der Waals surface area contributed by atoms with Gasteiger partial charge in [-0.1, -0.05) is 60.7 Å². The first-order valence-electron chi connectivity index (χ1n) is 10.2. The van der Waals surface area contributed by atoms with Crippen molar-refractivity contribution in [3.63, 3.8) is 0 Å². The minimum Gasteiger partial charge on any atom is -0.390 e. The predicted octanol–water partition coefficient (Wildman–Crippen LogP) is 4.22. The normalized spacial score (nSPS) is 34.0. The molecule has 2 aromatic rings. The van der Waals surface area contributed by atoms with E-state index in [1.165, 1.54) is 6.42 Å². The van der Waals surface area contributed by atoms with Crippen LogP contribution < -0.4 is 5.32 Å². The number of nitrogens with one attached hydrogen (secondary N) is 1. The van der Waals surface area contributed by atoms with E-state index in [4.69, 9.17) is 0 Å². The number of carbonyl (C=O) groups excluding carboxylic acids is 1. The Bertz CT molecular complexity index is 778. The summed E-state index contributed by atoms with van der Waals surface area (Å²) in [6.07, 6.45) is 5.48. The van der Waals surface area contributed by atoms with Gasteiger partial charge in [0.2, 0.25) is 5.91 Å². The molecule has 0 spiro atoms. The van der Waals surface area contributed by atoms with Gasteiger partial charge in [-0.3, -0.25) is 4.79 Å². The summed E-state index contributed by atoms with van der Waals surface area (Å²) in [4.78, 5) is 13.6. The average molecular weight is 361 g/mol. The molecule has 2 atom stereocenters. The highest BCUT2D eigenvalue weighted by atomic mass is 16.3. The van der Waals surface area contributed by atoms with Crippen LogP contribution in [0.3, 0.4) is 0 Å². The van der Waals surface area contributed by atoms with E-state index >= 15 is 0 Å². The molecular formula is C24H27NO2. The third kappa shape index (κ3) is 2.98. The lowest BCUT2D eigenvalue weighted by Gasteiger charge is -2.59. The molecule has 3 nitrogen and oxygen atoms in total. The molecule has 27 heavy (non-hydrogen) atoms. The Kier molecular flexibility index (Phi) is 3.90. The molecule has 2 aromatic carbocycles. The maximum atomic E-state index is 13.6. The van der Waals surface area contributed by atoms with Crippen molar-refractivity contribution in [1.82, 2.24) is 5.32 Å². The van der Waals surface area contributed by atoms with Gasteiger partial charge in [-0.25, -0.2) is 0 Å². The van der Waals surface area contributed by atoms with Crippen LogP contribution in [0.25, 0.3) is 0 Å². The van der Waals surface area contributed by atoms with Crippen LogP contribution in [-0.2, 0) is 4.79 Å². The van der Waals surface area contributed by atoms with Crippen molar-refractivity contribution in [2.45, 2.75) is 50.2 Å². The molecular weight excluding hydrogens is 334 g/mol. The molecule has 0 aliphatic heterocycles. The van der Waals surface area contributed by atoms with Crippen LogP contribution in [-0.4, -0.2) is 16.6 Å². The molecule has 4 saturated carbocycles. The van der Waals surface area contributed by atoms with Crippen LogP contribution in [0.1, 0.15) is 55.7 Å². The molecule has 0 heterocycles. The number of hydrogen-bond donors (Lipinski definition) is 2. The van der Waals surface area contributed by atoms with Gasteiger partial charge in [0.05, 0.1) is 17.1 Å². The Balaban J connectivity index is 1.46. The van der Waals surface area contributed by atoms with Crippen LogP contribution in [0.2, 0.25) is 0 Å². The Morgan fingerprint density at radius 1 is 0.889 bits per heavy atom. The average Bonchev–Trinajstić information content (AvgIpc) is 2.65. The van der Waals surface area contributed by atoms with Gasteiger partial charge in [0, 0.05) is 0 Å². The topological polar surface area (TPSA) is 49.3 Å². The number of rotatable bonds is 4. The fraction of sp³-hybridized carbons (Fsp3) is 0.458. The summed E-state index contributed by atoms with van der Waals surface area (Å²) in [5.74, 6) is 1.15. The molecule has 0 saturated heterocycles. The number of aliphatic hydroxyl groups is 1. The number of hydrogen-bond acceptors (Lipinski definition) is 2. The first-order valence-corrected chi connectivity index (χ1v) is 10.2. The van der Waals surface area contributed by atoms with Gasteiger partial charge in [0.1, 0.15) is 0 Å². The molecule has 6 rings (SSSR count). The van der Waals surface area contributed by atoms with E-state index in [1.807, 2.05) is 36.4 Å². The highest BCUT2D eigenvalue weighted by Gasteiger charge is 2.60. The molecule has 4 fully saturated rings. The molecule has 0 radical (unpaired) electrons. The van der Waals surface area contributed by atoms with E-state index in [-0.39, 0.29) is 17.4 Å². The molecule has 1 amide bonds. The molecule has 140 valence electrons. The van der Waals surface area contributed by atoms with Gasteiger partial charge in [-0.15, -0.1) is 0 Å². The zero-order valence-electron chi connectivity index (χ0n) is 15.6. The van der Waals surface area contributed by atoms with Gasteiger partial charge < -0.3 is 10.4 Å². The van der Waals surface area contributed by atoms with E-state index in [2.05, 4.69) is 29.6 Å². The van der Waals surface area contributed by atoms with Crippen molar-refractivity contribution in [2.75, 3.05) is 0 Å². The molecule has 4 aliphatic rings. The lowest BCUT2D eigenvalue weighted by atomic mass is 9.47. The summed E-state index contributed by atoms with van der Waals surface area (Å²) >= 11 is 0. The van der Waals surface area contributed by atoms with Gasteiger partial charge in [0.25, 0.3) is 0 Å². The van der Waals surface area contributed by atoms with Crippen LogP contribution in [0.4, 0.5) is 0 Å². The Morgan fingerprint density at radius 3 is 1.89 bits per heavy atom. The lowest BCUT2D eigenvalue weighted by Crippen LogP contribution is -2.60. The van der Waals surface area contributed by atoms with Crippen molar-refractivity contribution in [3.05, 3.63) is 71.8 Å². The van der Waals surface area contributed by atoms with Crippen LogP contribution >= 0.6 is 0 Å². The maximum absolute atomic E-state index is 13.6. The summed E-state index contributed by atoms with van der Waals surface area (Å²) in [7, 11) is 0. The SMILES string of the molecule is O=C(NC(c1ccccc1)c1ccccc1)C12C[C@H]3C[C@@H](CC(O)(C3)C1)C2. The highest BCUT2D eigenvalue weighted by Crippen LogP contribution is 2.61. The van der Waals surface area contributed by atoms with E-state index in [9.17, 15) is 9.90 Å². The van der Waals surface area contributed by atoms with E-state index in [0.717, 1.165) is 36.8 Å². The monoisotopic (exact) mass is 361 g/mol. The quantitative estimate of drug-likeness (QED) is 0.856. The Hall–Kier alpha value is -2.13. The van der Waals surface area contributed by atoms with Gasteiger partial charge in [-0.05, 0) is 61.5 Å². The third-order valence-electron chi connectivity index (χ3n) is 7.05. The van der Waals surface area contributed by atoms with Crippen LogP contribution in [0.15, 0.2) is 60.7 Å². The summed E-state index contributed by atoms with van der Waals surface area (Å²) in [5, 5.41) is 14.4. The summed E-state index contributed by atoms with van der Waals surface area (Å²) in [6.45, 7) is 0. The number of benzene rings is 2. The zero-order valence-corrected chi connectivity index (χ0v) is 15.6. The smallest absolute Gasteiger partial charge is 0.227 e. The van der Waals surface area contributed by atoms with Gasteiger partial charge in [0.15, 0.2) is 0 Å². The summed E-state index contributed by atoms with van der Waals surface area (Å²) in [6, 6.07) is 20.2. The Labute approximate surface area is 160 Å². The first-order chi connectivity index (χ1) is 13.1. The number of carbonyl (C=O) groups is 1. The third-order valence-corrected chi connectivity index (χ3v) is 7.05. The van der Waals surface area contributed by atoms with E-state index in [0.29, 0.717) is 18.3 Å². The second kappa shape index (κ2) is 6.20. The van der Waals surface area contributed by atoms with Crippen molar-refractivity contribution < 1.29 is 9.90 Å². The molecule has 2 N–H and O–H groups in total. The molecule has 4 aliphatic carbocycles. The fourth-order valence-electron chi connectivity index (χ4n) is 6.41. The predicted molar refractivity (Wildman–Crippen MR) is 105 cm³/mol. The zero-order chi connectivity index (χ0) is 18.5. The lowest BCUT2D eigenvalue weighted by molar-refractivity contribution is -0.178. The second-order valence-electron chi connectivity index (χ2n) is 9.19. The fourth-order valence-corrected chi connectivity index (χ4v) is 6.41. The standard InChI is InChI=1S/C24H27NO2/c26-22(23-12-17-11-18(13-23)15-24(27,14-17)16-23)25-21(19-7-3-1-4-8-19)20-9-5-2-6-10-20/h1-10,17-18,21,27H,11-16H2,(H,25,26)/t17-,18-,23?,24?/m1/s1. The maximum Gasteiger partial charge on any atom is 0.227 e. The van der Waals surface area contributed by atoms with Crippen molar-refractivity contribution in [3.8, 4) is 0 Å². The van der Waals surface area contributed by atoms with Gasteiger partial charge in [-0.2, -0.15) is 0 Å². The van der Waals surface area contributed by atoms with E-state index in [1.54, 1.807) is 0 Å². The largest absolute Gasteiger partial charge is 0.390 e. The molecule has 4 bridgehead atoms. The van der Waals surface area contributed by atoms with Crippen LogP contribution in [0, 0.1) is 17.3 Å². The van der Waals surface area contributed by atoms with Crippen molar-refractivity contribution >= 4 is 5.91 Å². The van der Waals surface area contributed by atoms with E-state index < -0.39 is 5.60 Å². The second-order valence-corrected chi connectivity index (χ2v) is 9.19. The van der Waals surface area contributed by atoms with Crippen molar-refractivity contribution in [2.24, 2.45) is 17.3 Å². The number of amides is 1. The molecule has 0 unspecified atom stereocenters. The highest BCUT2D eigenvalue weighted by molar-refractivity contribution is 5.84. The van der Waals surface area contributed by atoms with Crippen molar-refractivity contribution in [1.29, 1.82) is 0 Å². The Morgan fingerprint density at radius 2 is 1.41 bits per heavy atom. The van der Waals surface area contributed by atoms with Gasteiger partial charge >= 0.3 is 0 Å².